The van der Waals surface area contributed by atoms with Gasteiger partial charge in [-0.2, -0.15) is 31.6 Å². The third-order valence-electron chi connectivity index (χ3n) is 10.5. The average Bonchev–Trinajstić information content (AvgIpc) is 3.63. The van der Waals surface area contributed by atoms with Gasteiger partial charge in [-0.05, 0) is 50.3 Å². The number of alkyl halides is 6. The van der Waals surface area contributed by atoms with Gasteiger partial charge in [-0.3, -0.25) is 14.7 Å². The number of rotatable bonds is 12. The molecule has 0 bridgehead atoms. The number of ether oxygens (including phenoxy) is 2. The zero-order valence-electron chi connectivity index (χ0n) is 30.5. The van der Waals surface area contributed by atoms with E-state index in [0.717, 1.165) is 29.8 Å². The summed E-state index contributed by atoms with van der Waals surface area (Å²) in [5, 5.41) is 42.9. The van der Waals surface area contributed by atoms with E-state index >= 15 is 4.79 Å². The van der Waals surface area contributed by atoms with Gasteiger partial charge in [0.1, 0.15) is 16.4 Å². The van der Waals surface area contributed by atoms with Gasteiger partial charge in [-0.15, -0.1) is 11.3 Å². The lowest BCUT2D eigenvalue weighted by molar-refractivity contribution is -0.175. The van der Waals surface area contributed by atoms with Crippen LogP contribution in [0.3, 0.4) is 0 Å². The van der Waals surface area contributed by atoms with Crippen LogP contribution in [-0.4, -0.2) is 80.2 Å². The standard InChI is InChI=1S/C38H44F6N4O6S/c1-4-9-28-36(54-24-20-29(55-21-24)38(42,43)44,13-8-17-48(28)31(49)30-26(37(39,40)41)11-7-16-46-30)32(50)47-18-14-35(22-45,15-19-47)25-10-5-6-12-27(25)53-23-34(2,3)33(51)52/h5-7,10-12,16,20-21,28,31,33,49,51-52H,4,8-9,13-15,17-19,23H2,1-3H3. The Balaban J connectivity index is 1.51. The topological polar surface area (TPSA) is 139 Å². The normalized spacial score (nSPS) is 21.6. The molecule has 3 N–H and O–H groups in total. The van der Waals surface area contributed by atoms with Crippen molar-refractivity contribution in [2.45, 2.75) is 101 Å². The molecule has 0 spiro atoms. The second-order valence-corrected chi connectivity index (χ2v) is 15.6. The number of nitrogens with zero attached hydrogens (tertiary/aromatic N) is 4. The summed E-state index contributed by atoms with van der Waals surface area (Å²) in [4.78, 5) is 20.7. The first-order chi connectivity index (χ1) is 25.8. The zero-order chi connectivity index (χ0) is 40.4. The van der Waals surface area contributed by atoms with Crippen LogP contribution in [0, 0.1) is 16.7 Å². The number of thiophene rings is 1. The molecular formula is C38H44F6N4O6S. The van der Waals surface area contributed by atoms with E-state index in [0.29, 0.717) is 29.1 Å². The molecule has 2 aliphatic rings. The number of aliphatic hydroxyl groups is 3. The molecule has 4 heterocycles. The Morgan fingerprint density at radius 2 is 1.73 bits per heavy atom. The van der Waals surface area contributed by atoms with Gasteiger partial charge in [-0.1, -0.05) is 45.4 Å². The Kier molecular flexibility index (Phi) is 12.5. The van der Waals surface area contributed by atoms with Crippen molar-refractivity contribution in [1.29, 1.82) is 5.26 Å². The fourth-order valence-electron chi connectivity index (χ4n) is 7.37. The predicted octanol–water partition coefficient (Wildman–Crippen LogP) is 7.05. The number of carbonyl (C=O) groups excluding carboxylic acids is 1. The first kappa shape index (κ1) is 42.2. The number of piperidine rings is 2. The van der Waals surface area contributed by atoms with Crippen LogP contribution >= 0.6 is 11.3 Å². The van der Waals surface area contributed by atoms with Crippen molar-refractivity contribution in [3.05, 3.63) is 75.7 Å². The monoisotopic (exact) mass is 798 g/mol. The van der Waals surface area contributed by atoms with Crippen LogP contribution in [0.25, 0.3) is 0 Å². The van der Waals surface area contributed by atoms with Crippen molar-refractivity contribution in [2.75, 3.05) is 26.2 Å². The third-order valence-corrected chi connectivity index (χ3v) is 11.5. The molecule has 3 aromatic rings. The summed E-state index contributed by atoms with van der Waals surface area (Å²) in [5.41, 5.74) is -5.45. The minimum absolute atomic E-state index is 0.00395. The smallest absolute Gasteiger partial charge is 0.425 e. The van der Waals surface area contributed by atoms with Crippen molar-refractivity contribution in [3.63, 3.8) is 0 Å². The maximum atomic E-state index is 15.0. The van der Waals surface area contributed by atoms with Crippen molar-refractivity contribution < 1.29 is 55.9 Å². The quantitative estimate of drug-likeness (QED) is 0.130. The van der Waals surface area contributed by atoms with Gasteiger partial charge in [0.05, 0.1) is 35.4 Å². The van der Waals surface area contributed by atoms with Crippen molar-refractivity contribution in [3.8, 4) is 17.6 Å². The van der Waals surface area contributed by atoms with Crippen LogP contribution in [0.4, 0.5) is 26.3 Å². The van der Waals surface area contributed by atoms with Crippen molar-refractivity contribution in [1.82, 2.24) is 14.8 Å². The molecule has 2 aromatic heterocycles. The van der Waals surface area contributed by atoms with Gasteiger partial charge in [0.25, 0.3) is 5.91 Å². The number of amides is 1. The molecule has 5 rings (SSSR count). The van der Waals surface area contributed by atoms with Gasteiger partial charge >= 0.3 is 12.4 Å². The van der Waals surface area contributed by atoms with Gasteiger partial charge in [0.15, 0.2) is 12.5 Å². The summed E-state index contributed by atoms with van der Waals surface area (Å²) >= 11 is 0.374. The minimum Gasteiger partial charge on any atom is -0.492 e. The minimum atomic E-state index is -4.87. The predicted molar refractivity (Wildman–Crippen MR) is 189 cm³/mol. The van der Waals surface area contributed by atoms with E-state index in [4.69, 9.17) is 9.47 Å². The van der Waals surface area contributed by atoms with E-state index in [1.165, 1.54) is 9.80 Å². The van der Waals surface area contributed by atoms with E-state index < -0.39 is 69.4 Å². The summed E-state index contributed by atoms with van der Waals surface area (Å²) in [6, 6.07) is 10.8. The van der Waals surface area contributed by atoms with Crippen molar-refractivity contribution in [2.24, 2.45) is 5.41 Å². The summed E-state index contributed by atoms with van der Waals surface area (Å²) < 4.78 is 95.8. The SMILES string of the molecule is CCCC1N(C(O)c2ncccc2C(F)(F)F)CCCC1(Oc1csc(C(F)(F)F)c1)C(=O)N1CCC(C#N)(c2ccccc2OCC(C)(C)C(O)O)CC1. The molecule has 2 aliphatic heterocycles. The first-order valence-corrected chi connectivity index (χ1v) is 18.8. The van der Waals surface area contributed by atoms with Crippen LogP contribution in [0.2, 0.25) is 0 Å². The average molecular weight is 799 g/mol. The number of likely N-dealkylation sites (tertiary alicyclic amines) is 2. The van der Waals surface area contributed by atoms with E-state index in [9.17, 15) is 46.9 Å². The zero-order valence-corrected chi connectivity index (χ0v) is 31.3. The van der Waals surface area contributed by atoms with Crippen LogP contribution in [0.15, 0.2) is 54.0 Å². The largest absolute Gasteiger partial charge is 0.492 e. The van der Waals surface area contributed by atoms with E-state index in [1.807, 2.05) is 0 Å². The lowest BCUT2D eigenvalue weighted by atomic mass is 9.72. The maximum absolute atomic E-state index is 15.0. The lowest BCUT2D eigenvalue weighted by Crippen LogP contribution is -2.68. The number of halogens is 6. The van der Waals surface area contributed by atoms with Crippen LogP contribution in [0.5, 0.6) is 11.5 Å². The van der Waals surface area contributed by atoms with Crippen molar-refractivity contribution >= 4 is 17.2 Å². The number of para-hydroxylation sites is 1. The highest BCUT2D eigenvalue weighted by Gasteiger charge is 2.57. The lowest BCUT2D eigenvalue weighted by Gasteiger charge is -2.52. The Morgan fingerprint density at radius 1 is 1.04 bits per heavy atom. The second-order valence-electron chi connectivity index (χ2n) is 14.7. The number of benzene rings is 1. The number of aliphatic hydroxyl groups excluding tert-OH is 2. The van der Waals surface area contributed by atoms with Gasteiger partial charge < -0.3 is 29.7 Å². The molecule has 10 nitrogen and oxygen atoms in total. The molecule has 17 heteroatoms. The molecule has 300 valence electrons. The summed E-state index contributed by atoms with van der Waals surface area (Å²) in [6.07, 6.45) is -11.2. The summed E-state index contributed by atoms with van der Waals surface area (Å²) in [7, 11) is 0. The molecule has 0 radical (unpaired) electrons. The van der Waals surface area contributed by atoms with Gasteiger partial charge in [-0.25, -0.2) is 0 Å². The Bertz CT molecular complexity index is 1840. The molecule has 3 atom stereocenters. The van der Waals surface area contributed by atoms with E-state index in [2.05, 4.69) is 11.1 Å². The third kappa shape index (κ3) is 8.73. The Hall–Kier alpha value is -3.95. The number of aromatic nitrogens is 1. The number of pyridine rings is 1. The van der Waals surface area contributed by atoms with E-state index in [-0.39, 0.29) is 64.1 Å². The first-order valence-electron chi connectivity index (χ1n) is 17.9. The van der Waals surface area contributed by atoms with Crippen LogP contribution in [0.1, 0.15) is 87.2 Å². The molecular weight excluding hydrogens is 754 g/mol. The molecule has 1 amide bonds. The van der Waals surface area contributed by atoms with E-state index in [1.54, 1.807) is 45.0 Å². The Labute approximate surface area is 318 Å². The molecule has 1 aromatic carbocycles. The highest BCUT2D eigenvalue weighted by Crippen LogP contribution is 2.46. The van der Waals surface area contributed by atoms with Crippen LogP contribution < -0.4 is 9.47 Å². The summed E-state index contributed by atoms with van der Waals surface area (Å²) in [5.74, 6) is -0.528. The maximum Gasteiger partial charge on any atom is 0.425 e. The molecule has 3 unspecified atom stereocenters. The fraction of sp³-hybridized carbons (Fsp3) is 0.553. The van der Waals surface area contributed by atoms with Gasteiger partial charge in [0.2, 0.25) is 5.60 Å². The molecule has 55 heavy (non-hydrogen) atoms. The molecule has 2 fully saturated rings. The number of carbonyl (C=O) groups is 1. The highest BCUT2D eigenvalue weighted by molar-refractivity contribution is 7.10. The summed E-state index contributed by atoms with van der Waals surface area (Å²) in [6.45, 7) is 4.93. The van der Waals surface area contributed by atoms with Crippen LogP contribution in [-0.2, 0) is 22.6 Å². The molecule has 2 saturated heterocycles. The second kappa shape index (κ2) is 16.3. The number of nitriles is 1. The molecule has 0 aliphatic carbocycles. The molecule has 0 saturated carbocycles. The fourth-order valence-corrected chi connectivity index (χ4v) is 8.05. The number of hydrogen-bond acceptors (Lipinski definition) is 10. The highest BCUT2D eigenvalue weighted by atomic mass is 32.1. The number of hydrogen-bond donors (Lipinski definition) is 3. The van der Waals surface area contributed by atoms with Gasteiger partial charge in [0, 0.05) is 48.3 Å². The Morgan fingerprint density at radius 3 is 2.33 bits per heavy atom.